The lowest BCUT2D eigenvalue weighted by Crippen LogP contribution is -2.48. The molecule has 0 saturated carbocycles. The Labute approximate surface area is 105 Å². The van der Waals surface area contributed by atoms with Crippen molar-refractivity contribution >= 4 is 18.3 Å². The number of halogens is 1. The van der Waals surface area contributed by atoms with E-state index in [9.17, 15) is 4.79 Å². The average Bonchev–Trinajstić information content (AvgIpc) is 2.06. The van der Waals surface area contributed by atoms with Crippen LogP contribution in [-0.4, -0.2) is 29.9 Å². The molecular formula is C12H25ClN2O. The molecule has 16 heavy (non-hydrogen) atoms. The van der Waals surface area contributed by atoms with Gasteiger partial charge in [0.1, 0.15) is 0 Å². The maximum atomic E-state index is 12.0. The van der Waals surface area contributed by atoms with Gasteiger partial charge >= 0.3 is 0 Å². The summed E-state index contributed by atoms with van der Waals surface area (Å²) < 4.78 is 0. The fourth-order valence-corrected chi connectivity index (χ4v) is 1.96. The van der Waals surface area contributed by atoms with E-state index in [0.29, 0.717) is 12.3 Å². The molecule has 0 aromatic rings. The molecule has 1 rings (SSSR count). The first kappa shape index (κ1) is 15.7. The molecule has 3 nitrogen and oxygen atoms in total. The molecule has 1 heterocycles. The van der Waals surface area contributed by atoms with Crippen LogP contribution in [0, 0.1) is 11.3 Å². The van der Waals surface area contributed by atoms with Crippen LogP contribution in [0.1, 0.15) is 40.5 Å². The highest BCUT2D eigenvalue weighted by atomic mass is 35.5. The van der Waals surface area contributed by atoms with E-state index in [4.69, 9.17) is 5.73 Å². The molecule has 1 fully saturated rings. The minimum Gasteiger partial charge on any atom is -0.342 e. The molecule has 96 valence electrons. The maximum absolute atomic E-state index is 12.0. The zero-order valence-corrected chi connectivity index (χ0v) is 11.6. The lowest BCUT2D eigenvalue weighted by Gasteiger charge is -2.36. The molecule has 0 aliphatic carbocycles. The zero-order valence-electron chi connectivity index (χ0n) is 10.8. The van der Waals surface area contributed by atoms with Crippen LogP contribution >= 0.6 is 12.4 Å². The second-order valence-corrected chi connectivity index (χ2v) is 6.01. The fourth-order valence-electron chi connectivity index (χ4n) is 1.96. The summed E-state index contributed by atoms with van der Waals surface area (Å²) in [6.07, 6.45) is 1.58. The minimum atomic E-state index is 0. The molecule has 2 N–H and O–H groups in total. The van der Waals surface area contributed by atoms with Gasteiger partial charge < -0.3 is 10.6 Å². The van der Waals surface area contributed by atoms with E-state index < -0.39 is 0 Å². The lowest BCUT2D eigenvalue weighted by molar-refractivity contribution is -0.135. The highest BCUT2D eigenvalue weighted by Gasteiger charge is 2.28. The van der Waals surface area contributed by atoms with Crippen molar-refractivity contribution in [2.45, 2.75) is 46.6 Å². The summed E-state index contributed by atoms with van der Waals surface area (Å²) in [5.74, 6) is 0.712. The molecule has 0 bridgehead atoms. The number of nitrogens with zero attached hydrogens (tertiary/aromatic N) is 1. The summed E-state index contributed by atoms with van der Waals surface area (Å²) in [4.78, 5) is 13.9. The molecule has 1 aliphatic heterocycles. The molecule has 1 amide bonds. The summed E-state index contributed by atoms with van der Waals surface area (Å²) in [5, 5.41) is 0. The topological polar surface area (TPSA) is 46.3 Å². The van der Waals surface area contributed by atoms with Gasteiger partial charge in [-0.25, -0.2) is 0 Å². The predicted octanol–water partition coefficient (Wildman–Crippen LogP) is 2.04. The van der Waals surface area contributed by atoms with Crippen LogP contribution in [0.4, 0.5) is 0 Å². The Bertz CT molecular complexity index is 238. The highest BCUT2D eigenvalue weighted by Crippen LogP contribution is 2.22. The smallest absolute Gasteiger partial charge is 0.223 e. The van der Waals surface area contributed by atoms with Crippen LogP contribution in [0.25, 0.3) is 0 Å². The van der Waals surface area contributed by atoms with E-state index in [1.54, 1.807) is 0 Å². The summed E-state index contributed by atoms with van der Waals surface area (Å²) in [7, 11) is 0. The van der Waals surface area contributed by atoms with Gasteiger partial charge in [-0.15, -0.1) is 12.4 Å². The minimum absolute atomic E-state index is 0. The Hall–Kier alpha value is -0.280. The molecule has 2 atom stereocenters. The number of piperidine rings is 1. The lowest BCUT2D eigenvalue weighted by atomic mass is 9.89. The fraction of sp³-hybridized carbons (Fsp3) is 0.917. The van der Waals surface area contributed by atoms with Crippen molar-refractivity contribution in [2.24, 2.45) is 17.1 Å². The van der Waals surface area contributed by atoms with Crippen molar-refractivity contribution in [3.8, 4) is 0 Å². The molecule has 4 heteroatoms. The van der Waals surface area contributed by atoms with Gasteiger partial charge in [0.05, 0.1) is 0 Å². The van der Waals surface area contributed by atoms with E-state index >= 15 is 0 Å². The Balaban J connectivity index is 0.00000225. The molecule has 1 aliphatic rings. The monoisotopic (exact) mass is 248 g/mol. The molecule has 1 saturated heterocycles. The van der Waals surface area contributed by atoms with Crippen molar-refractivity contribution in [3.05, 3.63) is 0 Å². The molecule has 0 aromatic carbocycles. The second-order valence-electron chi connectivity index (χ2n) is 6.01. The highest BCUT2D eigenvalue weighted by molar-refractivity contribution is 5.85. The number of amides is 1. The number of nitrogens with two attached hydrogens (primary N) is 1. The summed E-state index contributed by atoms with van der Waals surface area (Å²) in [5.41, 5.74) is 6.01. The Morgan fingerprint density at radius 3 is 2.44 bits per heavy atom. The van der Waals surface area contributed by atoms with Crippen LogP contribution in [0.3, 0.4) is 0 Å². The van der Waals surface area contributed by atoms with E-state index in [0.717, 1.165) is 19.5 Å². The normalized spacial score (nSPS) is 26.2. The number of likely N-dealkylation sites (tertiary alicyclic amines) is 1. The van der Waals surface area contributed by atoms with Crippen molar-refractivity contribution in [2.75, 3.05) is 13.1 Å². The largest absolute Gasteiger partial charge is 0.342 e. The summed E-state index contributed by atoms with van der Waals surface area (Å²) in [6.45, 7) is 10.1. The van der Waals surface area contributed by atoms with Gasteiger partial charge in [-0.3, -0.25) is 4.79 Å². The zero-order chi connectivity index (χ0) is 11.6. The Morgan fingerprint density at radius 1 is 1.44 bits per heavy atom. The number of carbonyl (C=O) groups is 1. The van der Waals surface area contributed by atoms with Gasteiger partial charge in [-0.1, -0.05) is 27.7 Å². The molecule has 0 aromatic heterocycles. The second kappa shape index (κ2) is 5.87. The van der Waals surface area contributed by atoms with Crippen LogP contribution in [0.15, 0.2) is 0 Å². The van der Waals surface area contributed by atoms with Crippen LogP contribution in [0.5, 0.6) is 0 Å². The molecule has 2 unspecified atom stereocenters. The van der Waals surface area contributed by atoms with Gasteiger partial charge in [-0.05, 0) is 17.8 Å². The van der Waals surface area contributed by atoms with Crippen molar-refractivity contribution in [3.63, 3.8) is 0 Å². The quantitative estimate of drug-likeness (QED) is 0.772. The van der Waals surface area contributed by atoms with E-state index in [2.05, 4.69) is 27.7 Å². The van der Waals surface area contributed by atoms with Gasteiger partial charge in [0, 0.05) is 25.6 Å². The number of rotatable bonds is 1. The number of hydrogen-bond donors (Lipinski definition) is 1. The Morgan fingerprint density at radius 2 is 2.00 bits per heavy atom. The van der Waals surface area contributed by atoms with Crippen molar-refractivity contribution in [1.29, 1.82) is 0 Å². The predicted molar refractivity (Wildman–Crippen MR) is 69.7 cm³/mol. The first-order chi connectivity index (χ1) is 6.79. The maximum Gasteiger partial charge on any atom is 0.223 e. The van der Waals surface area contributed by atoms with Crippen molar-refractivity contribution in [1.82, 2.24) is 4.90 Å². The van der Waals surface area contributed by atoms with Gasteiger partial charge in [0.25, 0.3) is 0 Å². The standard InChI is InChI=1S/C12H24N2O.ClH/c1-9-8-14(6-5-10(9)13)11(15)7-12(2,3)4;/h9-10H,5-8,13H2,1-4H3;1H. The van der Waals surface area contributed by atoms with Gasteiger partial charge in [-0.2, -0.15) is 0 Å². The summed E-state index contributed by atoms with van der Waals surface area (Å²) >= 11 is 0. The Kier molecular flexibility index (Phi) is 5.77. The number of hydrogen-bond acceptors (Lipinski definition) is 2. The molecule has 0 spiro atoms. The average molecular weight is 249 g/mol. The van der Waals surface area contributed by atoms with Gasteiger partial charge in [0.2, 0.25) is 5.91 Å². The first-order valence-corrected chi connectivity index (χ1v) is 5.83. The third-order valence-electron chi connectivity index (χ3n) is 3.01. The van der Waals surface area contributed by atoms with Crippen molar-refractivity contribution < 1.29 is 4.79 Å². The third-order valence-corrected chi connectivity index (χ3v) is 3.01. The molecule has 0 radical (unpaired) electrons. The van der Waals surface area contributed by atoms with E-state index in [-0.39, 0.29) is 29.8 Å². The first-order valence-electron chi connectivity index (χ1n) is 5.83. The number of carbonyl (C=O) groups excluding carboxylic acids is 1. The summed E-state index contributed by atoms with van der Waals surface area (Å²) in [6, 6.07) is 0.267. The van der Waals surface area contributed by atoms with Crippen LogP contribution in [0.2, 0.25) is 0 Å². The van der Waals surface area contributed by atoms with Gasteiger partial charge in [0.15, 0.2) is 0 Å². The van der Waals surface area contributed by atoms with E-state index in [1.165, 1.54) is 0 Å². The van der Waals surface area contributed by atoms with Crippen LogP contribution < -0.4 is 5.73 Å². The molecular weight excluding hydrogens is 224 g/mol. The van der Waals surface area contributed by atoms with E-state index in [1.807, 2.05) is 4.90 Å². The SMILES string of the molecule is CC1CN(C(=O)CC(C)(C)C)CCC1N.Cl. The third kappa shape index (κ3) is 4.71. The van der Waals surface area contributed by atoms with Crippen LogP contribution in [-0.2, 0) is 4.79 Å².